The zero-order valence-electron chi connectivity index (χ0n) is 17.0. The van der Waals surface area contributed by atoms with Gasteiger partial charge in [0.25, 0.3) is 0 Å². The molecule has 156 valence electrons. The molecule has 0 bridgehead atoms. The lowest BCUT2D eigenvalue weighted by Gasteiger charge is -2.28. The highest BCUT2D eigenvalue weighted by molar-refractivity contribution is 7.89. The molecule has 1 fully saturated rings. The molecule has 0 unspecified atom stereocenters. The van der Waals surface area contributed by atoms with E-state index in [0.717, 1.165) is 34.2 Å². The number of amides is 1. The highest BCUT2D eigenvalue weighted by atomic mass is 32.2. The van der Waals surface area contributed by atoms with Crippen molar-refractivity contribution in [2.45, 2.75) is 18.7 Å². The number of nitrogens with one attached hydrogen (secondary N) is 1. The molecule has 0 aromatic heterocycles. The third kappa shape index (κ3) is 5.14. The molecule has 1 N–H and O–H groups in total. The Morgan fingerprint density at radius 2 is 1.72 bits per heavy atom. The smallest absolute Gasteiger partial charge is 0.243 e. The number of anilines is 2. The summed E-state index contributed by atoms with van der Waals surface area (Å²) in [6.07, 6.45) is 0. The number of nitrogens with zero attached hydrogens (tertiary/aromatic N) is 2. The zero-order valence-corrected chi connectivity index (χ0v) is 17.8. The molecule has 3 rings (SSSR count). The average molecular weight is 418 g/mol. The van der Waals surface area contributed by atoms with E-state index >= 15 is 0 Å². The monoisotopic (exact) mass is 417 g/mol. The molecule has 0 radical (unpaired) electrons. The van der Waals surface area contributed by atoms with Crippen LogP contribution in [0.3, 0.4) is 0 Å². The van der Waals surface area contributed by atoms with Crippen molar-refractivity contribution in [3.8, 4) is 0 Å². The Morgan fingerprint density at radius 3 is 2.34 bits per heavy atom. The maximum Gasteiger partial charge on any atom is 0.243 e. The van der Waals surface area contributed by atoms with E-state index in [1.54, 1.807) is 18.2 Å². The van der Waals surface area contributed by atoms with E-state index in [0.29, 0.717) is 18.9 Å². The Bertz CT molecular complexity index is 968. The molecule has 1 aliphatic heterocycles. The first-order valence-electron chi connectivity index (χ1n) is 9.53. The molecule has 29 heavy (non-hydrogen) atoms. The van der Waals surface area contributed by atoms with E-state index in [-0.39, 0.29) is 17.3 Å². The van der Waals surface area contributed by atoms with Gasteiger partial charge in [-0.1, -0.05) is 6.07 Å². The predicted octanol–water partition coefficient (Wildman–Crippen LogP) is 2.40. The molecule has 1 heterocycles. The van der Waals surface area contributed by atoms with Crippen molar-refractivity contribution in [1.82, 2.24) is 4.31 Å². The first kappa shape index (κ1) is 21.3. The van der Waals surface area contributed by atoms with E-state index in [1.807, 2.05) is 38.1 Å². The van der Waals surface area contributed by atoms with Crippen LogP contribution in [0.5, 0.6) is 0 Å². The molecule has 2 aromatic carbocycles. The van der Waals surface area contributed by atoms with Crippen molar-refractivity contribution in [3.63, 3.8) is 0 Å². The molecule has 0 atom stereocenters. The number of likely N-dealkylation sites (N-methyl/N-ethyl adjacent to an activating group) is 1. The first-order chi connectivity index (χ1) is 13.8. The van der Waals surface area contributed by atoms with E-state index in [4.69, 9.17) is 4.74 Å². The minimum atomic E-state index is -3.73. The molecule has 0 spiro atoms. The topological polar surface area (TPSA) is 79.0 Å². The van der Waals surface area contributed by atoms with Crippen molar-refractivity contribution in [2.75, 3.05) is 50.1 Å². The molecular weight excluding hydrogens is 390 g/mol. The normalized spacial score (nSPS) is 14.8. The second-order valence-corrected chi connectivity index (χ2v) is 9.25. The Labute approximate surface area is 172 Å². The second-order valence-electron chi connectivity index (χ2n) is 7.20. The molecule has 7 nitrogen and oxygen atoms in total. The predicted molar refractivity (Wildman–Crippen MR) is 114 cm³/mol. The van der Waals surface area contributed by atoms with Crippen LogP contribution in [-0.4, -0.2) is 58.5 Å². The van der Waals surface area contributed by atoms with E-state index < -0.39 is 10.0 Å². The molecule has 2 aromatic rings. The van der Waals surface area contributed by atoms with E-state index in [1.165, 1.54) is 7.05 Å². The lowest BCUT2D eigenvalue weighted by molar-refractivity contribution is -0.116. The fourth-order valence-electron chi connectivity index (χ4n) is 3.12. The van der Waals surface area contributed by atoms with Crippen LogP contribution >= 0.6 is 0 Å². The molecule has 0 aliphatic carbocycles. The zero-order chi connectivity index (χ0) is 21.0. The summed E-state index contributed by atoms with van der Waals surface area (Å²) in [4.78, 5) is 14.8. The van der Waals surface area contributed by atoms with Crippen LogP contribution < -0.4 is 10.2 Å². The molecule has 8 heteroatoms. The number of ether oxygens (including phenoxy) is 1. The summed E-state index contributed by atoms with van der Waals surface area (Å²) in [6, 6.07) is 12.5. The molecule has 1 amide bonds. The Morgan fingerprint density at radius 1 is 1.07 bits per heavy atom. The van der Waals surface area contributed by atoms with Gasteiger partial charge >= 0.3 is 0 Å². The number of hydrogen-bond acceptors (Lipinski definition) is 5. The minimum Gasteiger partial charge on any atom is -0.378 e. The highest BCUT2D eigenvalue weighted by Crippen LogP contribution is 2.20. The fraction of sp³-hybridized carbons (Fsp3) is 0.381. The van der Waals surface area contributed by atoms with Gasteiger partial charge in [-0.25, -0.2) is 8.42 Å². The summed E-state index contributed by atoms with van der Waals surface area (Å²) >= 11 is 0. The van der Waals surface area contributed by atoms with Crippen molar-refractivity contribution in [3.05, 3.63) is 53.6 Å². The Kier molecular flexibility index (Phi) is 6.56. The van der Waals surface area contributed by atoms with E-state index in [9.17, 15) is 13.2 Å². The molecule has 1 aliphatic rings. The lowest BCUT2D eigenvalue weighted by atomic mass is 10.1. The maximum atomic E-state index is 12.7. The van der Waals surface area contributed by atoms with Crippen molar-refractivity contribution in [1.29, 1.82) is 0 Å². The van der Waals surface area contributed by atoms with Gasteiger partial charge < -0.3 is 15.0 Å². The van der Waals surface area contributed by atoms with E-state index in [2.05, 4.69) is 10.2 Å². The van der Waals surface area contributed by atoms with Gasteiger partial charge in [0.05, 0.1) is 24.7 Å². The van der Waals surface area contributed by atoms with Gasteiger partial charge in [0.2, 0.25) is 15.9 Å². The van der Waals surface area contributed by atoms with Crippen LogP contribution in [0.15, 0.2) is 47.4 Å². The van der Waals surface area contributed by atoms with Gasteiger partial charge in [-0.3, -0.25) is 4.79 Å². The number of aryl methyl sites for hydroxylation is 2. The second kappa shape index (κ2) is 8.94. The van der Waals surface area contributed by atoms with Gasteiger partial charge in [0.1, 0.15) is 0 Å². The van der Waals surface area contributed by atoms with Crippen LogP contribution in [0.4, 0.5) is 11.4 Å². The minimum absolute atomic E-state index is 0.186. The van der Waals surface area contributed by atoms with Crippen molar-refractivity contribution in [2.24, 2.45) is 0 Å². The quantitative estimate of drug-likeness (QED) is 0.781. The van der Waals surface area contributed by atoms with Crippen molar-refractivity contribution >= 4 is 27.3 Å². The van der Waals surface area contributed by atoms with Crippen LogP contribution in [0.2, 0.25) is 0 Å². The van der Waals surface area contributed by atoms with Crippen LogP contribution in [0.25, 0.3) is 0 Å². The summed E-state index contributed by atoms with van der Waals surface area (Å²) in [7, 11) is -2.32. The standard InChI is InChI=1S/C21H27N3O4S/c1-16-4-9-20(14-17(16)2)29(26,27)23(3)15-21(25)22-18-5-7-19(8-6-18)24-10-12-28-13-11-24/h4-9,14H,10-13,15H2,1-3H3,(H,22,25). The van der Waals surface area contributed by atoms with Crippen molar-refractivity contribution < 1.29 is 17.9 Å². The Hall–Kier alpha value is -2.42. The maximum absolute atomic E-state index is 12.7. The number of morpholine rings is 1. The molecule has 1 saturated heterocycles. The van der Waals surface area contributed by atoms with Crippen LogP contribution in [0.1, 0.15) is 11.1 Å². The van der Waals surface area contributed by atoms with Gasteiger partial charge in [-0.05, 0) is 61.4 Å². The number of carbonyl (C=O) groups excluding carboxylic acids is 1. The highest BCUT2D eigenvalue weighted by Gasteiger charge is 2.23. The Balaban J connectivity index is 1.61. The van der Waals surface area contributed by atoms with Gasteiger partial charge in [-0.2, -0.15) is 4.31 Å². The summed E-state index contributed by atoms with van der Waals surface area (Å²) in [6.45, 7) is 6.62. The summed E-state index contributed by atoms with van der Waals surface area (Å²) < 4.78 is 31.9. The summed E-state index contributed by atoms with van der Waals surface area (Å²) in [5, 5.41) is 2.76. The molecule has 0 saturated carbocycles. The number of rotatable bonds is 6. The third-order valence-electron chi connectivity index (χ3n) is 5.08. The number of benzene rings is 2. The number of carbonyl (C=O) groups is 1. The first-order valence-corrected chi connectivity index (χ1v) is 11.0. The average Bonchev–Trinajstić information content (AvgIpc) is 2.71. The number of sulfonamides is 1. The van der Waals surface area contributed by atoms with Gasteiger partial charge in [0.15, 0.2) is 0 Å². The van der Waals surface area contributed by atoms with Crippen LogP contribution in [0, 0.1) is 13.8 Å². The number of hydrogen-bond donors (Lipinski definition) is 1. The molecular formula is C21H27N3O4S. The lowest BCUT2D eigenvalue weighted by Crippen LogP contribution is -2.36. The van der Waals surface area contributed by atoms with Gasteiger partial charge in [-0.15, -0.1) is 0 Å². The summed E-state index contributed by atoms with van der Waals surface area (Å²) in [5.41, 5.74) is 3.61. The van der Waals surface area contributed by atoms with Crippen LogP contribution in [-0.2, 0) is 19.6 Å². The fourth-order valence-corrected chi connectivity index (χ4v) is 4.33. The van der Waals surface area contributed by atoms with Gasteiger partial charge in [0, 0.05) is 31.5 Å². The summed E-state index contributed by atoms with van der Waals surface area (Å²) in [5.74, 6) is -0.390. The largest absolute Gasteiger partial charge is 0.378 e. The SMILES string of the molecule is Cc1ccc(S(=O)(=O)N(C)CC(=O)Nc2ccc(N3CCOCC3)cc2)cc1C. The third-order valence-corrected chi connectivity index (χ3v) is 6.88.